The van der Waals surface area contributed by atoms with E-state index in [0.717, 1.165) is 11.5 Å². The summed E-state index contributed by atoms with van der Waals surface area (Å²) in [6.07, 6.45) is 3.70. The van der Waals surface area contributed by atoms with Crippen molar-refractivity contribution in [2.45, 2.75) is 25.8 Å². The first-order chi connectivity index (χ1) is 9.20. The van der Waals surface area contributed by atoms with Gasteiger partial charge < -0.3 is 4.74 Å². The molecule has 1 unspecified atom stereocenters. The van der Waals surface area contributed by atoms with Crippen LogP contribution in [0.15, 0.2) is 42.7 Å². The van der Waals surface area contributed by atoms with Gasteiger partial charge in [-0.15, -0.1) is 0 Å². The molecule has 0 N–H and O–H groups in total. The minimum absolute atomic E-state index is 0.298. The summed E-state index contributed by atoms with van der Waals surface area (Å²) < 4.78 is 7.71. The van der Waals surface area contributed by atoms with Gasteiger partial charge in [-0.05, 0) is 19.4 Å². The van der Waals surface area contributed by atoms with E-state index in [4.69, 9.17) is 4.74 Å². The predicted molar refractivity (Wildman–Crippen MR) is 81.1 cm³/mol. The summed E-state index contributed by atoms with van der Waals surface area (Å²) in [6.45, 7) is 4.81. The Labute approximate surface area is 120 Å². The summed E-state index contributed by atoms with van der Waals surface area (Å²) in [7, 11) is 0. The van der Waals surface area contributed by atoms with Crippen LogP contribution in [0.2, 0.25) is 0 Å². The van der Waals surface area contributed by atoms with Gasteiger partial charge in [0.2, 0.25) is 0 Å². The second kappa shape index (κ2) is 6.66. The Hall–Kier alpha value is -1.42. The zero-order valence-corrected chi connectivity index (χ0v) is 12.3. The summed E-state index contributed by atoms with van der Waals surface area (Å²) in [5, 5.41) is 4.26. The average molecular weight is 276 g/mol. The number of thiol groups is 1. The van der Waals surface area contributed by atoms with Crippen LogP contribution in [0, 0.1) is 0 Å². The average Bonchev–Trinajstić information content (AvgIpc) is 2.90. The molecule has 2 aromatic rings. The molecule has 1 atom stereocenters. The molecule has 0 aliphatic carbocycles. The van der Waals surface area contributed by atoms with Crippen molar-refractivity contribution >= 4 is 12.6 Å². The van der Waals surface area contributed by atoms with Gasteiger partial charge in [0.05, 0.1) is 19.0 Å². The van der Waals surface area contributed by atoms with Crippen LogP contribution in [0.3, 0.4) is 0 Å². The van der Waals surface area contributed by atoms with Crippen LogP contribution in [-0.2, 0) is 0 Å². The van der Waals surface area contributed by atoms with Gasteiger partial charge in [-0.25, -0.2) is 0 Å². The molecule has 2 rings (SSSR count). The Kier molecular flexibility index (Phi) is 4.91. The molecule has 1 aromatic carbocycles. The number of ether oxygens (including phenoxy) is 1. The van der Waals surface area contributed by atoms with Crippen molar-refractivity contribution in [3.05, 3.63) is 48.3 Å². The Morgan fingerprint density at radius 2 is 2.00 bits per heavy atom. The Balaban J connectivity index is 1.96. The Morgan fingerprint density at radius 3 is 2.58 bits per heavy atom. The molecule has 4 heteroatoms. The van der Waals surface area contributed by atoms with Crippen molar-refractivity contribution in [3.8, 4) is 5.75 Å². The number of aromatic nitrogens is 2. The Morgan fingerprint density at radius 1 is 1.26 bits per heavy atom. The molecule has 0 bridgehead atoms. The normalized spacial score (nSPS) is 12.6. The molecular weight excluding hydrogens is 256 g/mol. The lowest BCUT2D eigenvalue weighted by Crippen LogP contribution is -2.11. The summed E-state index contributed by atoms with van der Waals surface area (Å²) in [4.78, 5) is 0. The summed E-state index contributed by atoms with van der Waals surface area (Å²) in [5.74, 6) is 1.88. The maximum atomic E-state index is 5.81. The molecule has 3 nitrogen and oxygen atoms in total. The molecule has 0 aliphatic heterocycles. The molecule has 19 heavy (non-hydrogen) atoms. The highest BCUT2D eigenvalue weighted by Crippen LogP contribution is 2.20. The fourth-order valence-corrected chi connectivity index (χ4v) is 2.17. The number of benzene rings is 1. The van der Waals surface area contributed by atoms with Gasteiger partial charge in [-0.3, -0.25) is 4.68 Å². The third-order valence-electron chi connectivity index (χ3n) is 3.05. The molecule has 0 spiro atoms. The quantitative estimate of drug-likeness (QED) is 0.817. The smallest absolute Gasteiger partial charge is 0.157 e. The van der Waals surface area contributed by atoms with Crippen LogP contribution in [0.4, 0.5) is 0 Å². The molecule has 1 aromatic heterocycles. The largest absolute Gasteiger partial charge is 0.490 e. The van der Waals surface area contributed by atoms with E-state index in [2.05, 4.69) is 43.7 Å². The topological polar surface area (TPSA) is 27.1 Å². The highest BCUT2D eigenvalue weighted by Gasteiger charge is 2.11. The number of nitrogens with zero attached hydrogens (tertiary/aromatic N) is 2. The van der Waals surface area contributed by atoms with Crippen LogP contribution in [0.5, 0.6) is 5.75 Å². The molecular formula is C15H20N2OS. The highest BCUT2D eigenvalue weighted by atomic mass is 32.1. The molecule has 1 heterocycles. The SMILES string of the molecule is CC(C)n1cc(OCC(CS)c2ccccc2)cn1. The molecule has 0 saturated carbocycles. The number of rotatable bonds is 6. The van der Waals surface area contributed by atoms with E-state index in [9.17, 15) is 0 Å². The number of hydrogen-bond acceptors (Lipinski definition) is 3. The standard InChI is InChI=1S/C15H20N2OS/c1-12(2)17-9-15(8-16-17)18-10-14(11-19)13-6-4-3-5-7-13/h3-9,12,14,19H,10-11H2,1-2H3. The van der Waals surface area contributed by atoms with E-state index in [1.807, 2.05) is 29.1 Å². The Bertz CT molecular complexity index is 496. The van der Waals surface area contributed by atoms with Gasteiger partial charge in [0.15, 0.2) is 5.75 Å². The maximum Gasteiger partial charge on any atom is 0.157 e. The minimum Gasteiger partial charge on any atom is -0.490 e. The minimum atomic E-state index is 0.298. The van der Waals surface area contributed by atoms with E-state index < -0.39 is 0 Å². The predicted octanol–water partition coefficient (Wildman–Crippen LogP) is 3.56. The van der Waals surface area contributed by atoms with Crippen molar-refractivity contribution in [1.29, 1.82) is 0 Å². The zero-order valence-electron chi connectivity index (χ0n) is 11.4. The zero-order chi connectivity index (χ0) is 13.7. The van der Waals surface area contributed by atoms with Crippen LogP contribution >= 0.6 is 12.6 Å². The second-order valence-electron chi connectivity index (χ2n) is 4.85. The third kappa shape index (κ3) is 3.77. The third-order valence-corrected chi connectivity index (χ3v) is 3.49. The lowest BCUT2D eigenvalue weighted by Gasteiger charge is -2.15. The lowest BCUT2D eigenvalue weighted by atomic mass is 10.0. The van der Waals surface area contributed by atoms with Crippen molar-refractivity contribution < 1.29 is 4.74 Å². The first-order valence-corrected chi connectivity index (χ1v) is 7.16. The van der Waals surface area contributed by atoms with E-state index in [1.54, 1.807) is 6.20 Å². The van der Waals surface area contributed by atoms with Gasteiger partial charge in [-0.1, -0.05) is 30.3 Å². The summed E-state index contributed by atoms with van der Waals surface area (Å²) in [6, 6.07) is 10.7. The monoisotopic (exact) mass is 276 g/mol. The molecule has 0 amide bonds. The van der Waals surface area contributed by atoms with Crippen LogP contribution in [0.25, 0.3) is 0 Å². The van der Waals surface area contributed by atoms with Crippen molar-refractivity contribution in [1.82, 2.24) is 9.78 Å². The lowest BCUT2D eigenvalue weighted by molar-refractivity contribution is 0.297. The van der Waals surface area contributed by atoms with Gasteiger partial charge in [0, 0.05) is 17.7 Å². The maximum absolute atomic E-state index is 5.81. The van der Waals surface area contributed by atoms with Gasteiger partial charge >= 0.3 is 0 Å². The van der Waals surface area contributed by atoms with E-state index >= 15 is 0 Å². The van der Waals surface area contributed by atoms with Crippen molar-refractivity contribution in [2.24, 2.45) is 0 Å². The van der Waals surface area contributed by atoms with Gasteiger partial charge in [0.25, 0.3) is 0 Å². The van der Waals surface area contributed by atoms with Gasteiger partial charge in [0.1, 0.15) is 0 Å². The van der Waals surface area contributed by atoms with Gasteiger partial charge in [-0.2, -0.15) is 17.7 Å². The summed E-state index contributed by atoms with van der Waals surface area (Å²) >= 11 is 4.41. The fraction of sp³-hybridized carbons (Fsp3) is 0.400. The number of hydrogen-bond donors (Lipinski definition) is 1. The molecule has 0 aliphatic rings. The molecule has 0 saturated heterocycles. The van der Waals surface area contributed by atoms with Crippen molar-refractivity contribution in [2.75, 3.05) is 12.4 Å². The molecule has 102 valence electrons. The van der Waals surface area contributed by atoms with Crippen LogP contribution in [0.1, 0.15) is 31.4 Å². The molecule has 0 fully saturated rings. The van der Waals surface area contributed by atoms with E-state index in [-0.39, 0.29) is 0 Å². The van der Waals surface area contributed by atoms with Crippen LogP contribution < -0.4 is 4.74 Å². The molecule has 0 radical (unpaired) electrons. The first-order valence-electron chi connectivity index (χ1n) is 6.53. The second-order valence-corrected chi connectivity index (χ2v) is 5.22. The van der Waals surface area contributed by atoms with E-state index in [0.29, 0.717) is 18.6 Å². The van der Waals surface area contributed by atoms with Crippen LogP contribution in [-0.4, -0.2) is 22.1 Å². The first kappa shape index (κ1) is 14.0. The highest BCUT2D eigenvalue weighted by molar-refractivity contribution is 7.80. The van der Waals surface area contributed by atoms with Crippen molar-refractivity contribution in [3.63, 3.8) is 0 Å². The summed E-state index contributed by atoms with van der Waals surface area (Å²) in [5.41, 5.74) is 1.26. The van der Waals surface area contributed by atoms with E-state index in [1.165, 1.54) is 5.56 Å². The fourth-order valence-electron chi connectivity index (χ4n) is 1.85.